The van der Waals surface area contributed by atoms with Crippen molar-refractivity contribution in [3.05, 3.63) is 107 Å². The number of aryl methyl sites for hydroxylation is 1. The second-order valence-corrected chi connectivity index (χ2v) is 9.38. The fraction of sp³-hybridized carbons (Fsp3) is 0.333. The third-order valence-electron chi connectivity index (χ3n) is 6.66. The van der Waals surface area contributed by atoms with Crippen LogP contribution in [-0.4, -0.2) is 29.6 Å². The highest BCUT2D eigenvalue weighted by Gasteiger charge is 2.19. The molecule has 176 valence electrons. The van der Waals surface area contributed by atoms with E-state index in [1.807, 2.05) is 37.3 Å². The molecular weight excluding hydrogens is 418 g/mol. The highest BCUT2D eigenvalue weighted by molar-refractivity contribution is 5.95. The number of carbonyl (C=O) groups excluding carboxylic acids is 1. The van der Waals surface area contributed by atoms with E-state index >= 15 is 0 Å². The van der Waals surface area contributed by atoms with E-state index in [4.69, 9.17) is 0 Å². The molecule has 1 heterocycles. The van der Waals surface area contributed by atoms with E-state index < -0.39 is 0 Å². The monoisotopic (exact) mass is 453 g/mol. The van der Waals surface area contributed by atoms with Crippen LogP contribution in [0.25, 0.3) is 0 Å². The number of piperidine rings is 1. The molecule has 0 unspecified atom stereocenters. The SMILES string of the molecule is C/C(CCc1ccccc1)=N\NC(=O)c1ccc(CN2CCC(Cc3ccccc3)CC2)cc1. The largest absolute Gasteiger partial charge is 0.299 e. The molecule has 1 saturated heterocycles. The zero-order valence-corrected chi connectivity index (χ0v) is 20.1. The molecule has 0 spiro atoms. The zero-order valence-electron chi connectivity index (χ0n) is 20.1. The lowest BCUT2D eigenvalue weighted by Gasteiger charge is -2.32. The maximum Gasteiger partial charge on any atom is 0.271 e. The minimum Gasteiger partial charge on any atom is -0.299 e. The Bertz CT molecular complexity index is 1050. The molecule has 3 aromatic rings. The number of nitrogens with one attached hydrogen (secondary N) is 1. The molecule has 0 atom stereocenters. The van der Waals surface area contributed by atoms with Crippen molar-refractivity contribution in [2.75, 3.05) is 13.1 Å². The quantitative estimate of drug-likeness (QED) is 0.325. The molecule has 1 fully saturated rings. The molecule has 0 aliphatic carbocycles. The summed E-state index contributed by atoms with van der Waals surface area (Å²) < 4.78 is 0. The van der Waals surface area contributed by atoms with E-state index in [9.17, 15) is 4.79 Å². The van der Waals surface area contributed by atoms with Gasteiger partial charge in [0, 0.05) is 17.8 Å². The molecule has 3 aromatic carbocycles. The fourth-order valence-electron chi connectivity index (χ4n) is 4.55. The minimum atomic E-state index is -0.160. The van der Waals surface area contributed by atoms with Gasteiger partial charge in [0.2, 0.25) is 0 Å². The molecular formula is C30H35N3O. The Hall–Kier alpha value is -3.24. The number of rotatable bonds is 9. The third-order valence-corrected chi connectivity index (χ3v) is 6.66. The number of carbonyl (C=O) groups is 1. The molecule has 1 aliphatic rings. The maximum absolute atomic E-state index is 12.5. The van der Waals surface area contributed by atoms with Crippen LogP contribution in [0, 0.1) is 5.92 Å². The first kappa shape index (κ1) is 23.9. The Balaban J connectivity index is 1.19. The highest BCUT2D eigenvalue weighted by atomic mass is 16.2. The van der Waals surface area contributed by atoms with Crippen LogP contribution >= 0.6 is 0 Å². The summed E-state index contributed by atoms with van der Waals surface area (Å²) in [4.78, 5) is 15.0. The summed E-state index contributed by atoms with van der Waals surface area (Å²) in [5.41, 5.74) is 8.24. The summed E-state index contributed by atoms with van der Waals surface area (Å²) in [6.45, 7) is 5.17. The van der Waals surface area contributed by atoms with Gasteiger partial charge in [0.05, 0.1) is 0 Å². The van der Waals surface area contributed by atoms with Crippen LogP contribution in [0.2, 0.25) is 0 Å². The molecule has 4 nitrogen and oxygen atoms in total. The number of hydrogen-bond acceptors (Lipinski definition) is 3. The number of benzene rings is 3. The van der Waals surface area contributed by atoms with Crippen LogP contribution < -0.4 is 5.43 Å². The number of hydrogen-bond donors (Lipinski definition) is 1. The Kier molecular flexibility index (Phi) is 8.64. The smallest absolute Gasteiger partial charge is 0.271 e. The van der Waals surface area contributed by atoms with Gasteiger partial charge in [-0.25, -0.2) is 5.43 Å². The second-order valence-electron chi connectivity index (χ2n) is 9.38. The van der Waals surface area contributed by atoms with Gasteiger partial charge < -0.3 is 0 Å². The first-order chi connectivity index (χ1) is 16.7. The summed E-state index contributed by atoms with van der Waals surface area (Å²) in [5, 5.41) is 4.28. The Morgan fingerprint density at radius 3 is 2.12 bits per heavy atom. The van der Waals surface area contributed by atoms with E-state index in [0.717, 1.165) is 44.1 Å². The Labute approximate surface area is 203 Å². The summed E-state index contributed by atoms with van der Waals surface area (Å²) in [6.07, 6.45) is 5.43. The molecule has 1 amide bonds. The molecule has 1 aliphatic heterocycles. The Morgan fingerprint density at radius 2 is 1.47 bits per heavy atom. The minimum absolute atomic E-state index is 0.160. The molecule has 0 radical (unpaired) electrons. The van der Waals surface area contributed by atoms with Crippen molar-refractivity contribution in [2.24, 2.45) is 11.0 Å². The standard InChI is InChI=1S/C30H35N3O/c1-24(12-13-25-8-4-2-5-9-25)31-32-30(34)29-16-14-28(15-17-29)23-33-20-18-27(19-21-33)22-26-10-6-3-7-11-26/h2-11,14-17,27H,12-13,18-23H2,1H3,(H,32,34)/b31-24+. The van der Waals surface area contributed by atoms with Gasteiger partial charge in [-0.2, -0.15) is 5.10 Å². The van der Waals surface area contributed by atoms with Crippen LogP contribution in [0.3, 0.4) is 0 Å². The normalized spacial score (nSPS) is 15.3. The lowest BCUT2D eigenvalue weighted by molar-refractivity contribution is 0.0954. The van der Waals surface area contributed by atoms with Crippen molar-refractivity contribution < 1.29 is 4.79 Å². The second kappa shape index (κ2) is 12.3. The first-order valence-corrected chi connectivity index (χ1v) is 12.4. The first-order valence-electron chi connectivity index (χ1n) is 12.4. The van der Waals surface area contributed by atoms with Gasteiger partial charge in [0.1, 0.15) is 0 Å². The van der Waals surface area contributed by atoms with Crippen molar-refractivity contribution >= 4 is 11.6 Å². The average molecular weight is 454 g/mol. The van der Waals surface area contributed by atoms with Crippen molar-refractivity contribution in [1.82, 2.24) is 10.3 Å². The van der Waals surface area contributed by atoms with E-state index in [2.05, 4.69) is 70.0 Å². The lowest BCUT2D eigenvalue weighted by atomic mass is 9.90. The van der Waals surface area contributed by atoms with Crippen LogP contribution in [0.4, 0.5) is 0 Å². The maximum atomic E-state index is 12.5. The van der Waals surface area contributed by atoms with E-state index in [-0.39, 0.29) is 5.91 Å². The van der Waals surface area contributed by atoms with Gasteiger partial charge in [-0.05, 0) is 86.9 Å². The predicted molar refractivity (Wildman–Crippen MR) is 140 cm³/mol. The summed E-state index contributed by atoms with van der Waals surface area (Å²) >= 11 is 0. The van der Waals surface area contributed by atoms with Gasteiger partial charge >= 0.3 is 0 Å². The van der Waals surface area contributed by atoms with E-state index in [1.165, 1.54) is 36.0 Å². The molecule has 0 saturated carbocycles. The lowest BCUT2D eigenvalue weighted by Crippen LogP contribution is -2.33. The van der Waals surface area contributed by atoms with Gasteiger partial charge in [0.15, 0.2) is 0 Å². The predicted octanol–water partition coefficient (Wildman–Crippen LogP) is 5.88. The zero-order chi connectivity index (χ0) is 23.6. The topological polar surface area (TPSA) is 44.7 Å². The van der Waals surface area contributed by atoms with Crippen molar-refractivity contribution in [2.45, 2.75) is 45.6 Å². The summed E-state index contributed by atoms with van der Waals surface area (Å²) in [7, 11) is 0. The van der Waals surface area contributed by atoms with Crippen LogP contribution in [0.5, 0.6) is 0 Å². The molecule has 0 bridgehead atoms. The number of amides is 1. The molecule has 34 heavy (non-hydrogen) atoms. The molecule has 4 heteroatoms. The number of hydrazone groups is 1. The van der Waals surface area contributed by atoms with Gasteiger partial charge in [-0.3, -0.25) is 9.69 Å². The van der Waals surface area contributed by atoms with Crippen LogP contribution in [0.1, 0.15) is 53.2 Å². The van der Waals surface area contributed by atoms with Crippen LogP contribution in [-0.2, 0) is 19.4 Å². The summed E-state index contributed by atoms with van der Waals surface area (Å²) in [6, 6.07) is 29.1. The molecule has 4 rings (SSSR count). The van der Waals surface area contributed by atoms with Crippen molar-refractivity contribution in [1.29, 1.82) is 0 Å². The number of likely N-dealkylation sites (tertiary alicyclic amines) is 1. The number of nitrogens with zero attached hydrogens (tertiary/aromatic N) is 2. The van der Waals surface area contributed by atoms with Gasteiger partial charge in [-0.1, -0.05) is 72.8 Å². The Morgan fingerprint density at radius 1 is 0.853 bits per heavy atom. The highest BCUT2D eigenvalue weighted by Crippen LogP contribution is 2.23. The van der Waals surface area contributed by atoms with Crippen molar-refractivity contribution in [3.8, 4) is 0 Å². The molecule has 0 aromatic heterocycles. The van der Waals surface area contributed by atoms with Crippen LogP contribution in [0.15, 0.2) is 90.0 Å². The van der Waals surface area contributed by atoms with Gasteiger partial charge in [0.25, 0.3) is 5.91 Å². The fourth-order valence-corrected chi connectivity index (χ4v) is 4.55. The van der Waals surface area contributed by atoms with E-state index in [0.29, 0.717) is 5.56 Å². The summed E-state index contributed by atoms with van der Waals surface area (Å²) in [5.74, 6) is 0.619. The average Bonchev–Trinajstić information content (AvgIpc) is 2.89. The third kappa shape index (κ3) is 7.39. The van der Waals surface area contributed by atoms with E-state index in [1.54, 1.807) is 0 Å². The van der Waals surface area contributed by atoms with Gasteiger partial charge in [-0.15, -0.1) is 0 Å². The molecule has 1 N–H and O–H groups in total. The van der Waals surface area contributed by atoms with Crippen molar-refractivity contribution in [3.63, 3.8) is 0 Å².